The number of nitrogens with zero attached hydrogens (tertiary/aromatic N) is 1. The molecule has 0 radical (unpaired) electrons. The molecule has 0 saturated carbocycles. The summed E-state index contributed by atoms with van der Waals surface area (Å²) in [6, 6.07) is 11.2. The number of benzene rings is 2. The quantitative estimate of drug-likeness (QED) is 0.360. The third-order valence-electron chi connectivity index (χ3n) is 3.41. The lowest BCUT2D eigenvalue weighted by molar-refractivity contribution is -0.385. The number of nitrogens with one attached hydrogen (secondary N) is 1. The van der Waals surface area contributed by atoms with Gasteiger partial charge in [0.05, 0.1) is 16.9 Å². The highest BCUT2D eigenvalue weighted by Crippen LogP contribution is 2.34. The molecule has 1 amide bonds. The molecule has 1 fully saturated rings. The summed E-state index contributed by atoms with van der Waals surface area (Å²) in [5.74, 6) is 0.873. The average molecular weight is 388 g/mol. The smallest absolute Gasteiger partial charge is 0.312 e. The summed E-state index contributed by atoms with van der Waals surface area (Å²) >= 11 is 6.03. The van der Waals surface area contributed by atoms with E-state index in [0.717, 1.165) is 11.8 Å². The SMILES string of the molecule is COc1ccc(Oc2ccc(C=C3SC(=S)NC3=O)cc2[N+](=O)[O-])cc1. The lowest BCUT2D eigenvalue weighted by atomic mass is 10.1. The van der Waals surface area contributed by atoms with Crippen LogP contribution in [0.5, 0.6) is 17.2 Å². The van der Waals surface area contributed by atoms with Gasteiger partial charge in [-0.1, -0.05) is 30.0 Å². The van der Waals surface area contributed by atoms with E-state index >= 15 is 0 Å². The first-order valence-corrected chi connectivity index (χ1v) is 8.54. The zero-order chi connectivity index (χ0) is 18.7. The first kappa shape index (κ1) is 17.9. The lowest BCUT2D eigenvalue weighted by Gasteiger charge is -2.08. The molecular formula is C17H12N2O5S2. The lowest BCUT2D eigenvalue weighted by Crippen LogP contribution is -2.17. The van der Waals surface area contributed by atoms with Crippen LogP contribution >= 0.6 is 24.0 Å². The first-order valence-electron chi connectivity index (χ1n) is 7.31. The number of nitro benzene ring substituents is 1. The maximum Gasteiger partial charge on any atom is 0.312 e. The maximum atomic E-state index is 11.7. The van der Waals surface area contributed by atoms with Gasteiger partial charge in [-0.2, -0.15) is 0 Å². The van der Waals surface area contributed by atoms with Crippen LogP contribution in [0.3, 0.4) is 0 Å². The number of carbonyl (C=O) groups is 1. The zero-order valence-electron chi connectivity index (χ0n) is 13.4. The fourth-order valence-electron chi connectivity index (χ4n) is 2.20. The molecule has 0 spiro atoms. The molecule has 2 aromatic rings. The van der Waals surface area contributed by atoms with Crippen molar-refractivity contribution in [1.82, 2.24) is 5.32 Å². The van der Waals surface area contributed by atoms with Crippen molar-refractivity contribution in [1.29, 1.82) is 0 Å². The van der Waals surface area contributed by atoms with Crippen LogP contribution in [0.2, 0.25) is 0 Å². The Morgan fingerprint density at radius 1 is 1.19 bits per heavy atom. The molecule has 2 aromatic carbocycles. The number of ether oxygens (including phenoxy) is 2. The molecule has 1 aliphatic heterocycles. The second-order valence-corrected chi connectivity index (χ2v) is 6.83. The molecule has 1 N–H and O–H groups in total. The summed E-state index contributed by atoms with van der Waals surface area (Å²) in [5, 5.41) is 13.9. The molecule has 1 heterocycles. The van der Waals surface area contributed by atoms with Gasteiger partial charge in [0.15, 0.2) is 0 Å². The second kappa shape index (κ2) is 7.54. The molecule has 0 aliphatic carbocycles. The third-order valence-corrected chi connectivity index (χ3v) is 4.57. The molecule has 3 rings (SSSR count). The van der Waals surface area contributed by atoms with Crippen molar-refractivity contribution in [3.05, 3.63) is 63.0 Å². The van der Waals surface area contributed by atoms with E-state index in [-0.39, 0.29) is 17.3 Å². The van der Waals surface area contributed by atoms with Gasteiger partial charge in [-0.3, -0.25) is 14.9 Å². The van der Waals surface area contributed by atoms with Crippen molar-refractivity contribution in [3.8, 4) is 17.2 Å². The topological polar surface area (TPSA) is 90.7 Å². The highest BCUT2D eigenvalue weighted by atomic mass is 32.2. The molecule has 0 unspecified atom stereocenters. The minimum absolute atomic E-state index is 0.0985. The number of amides is 1. The van der Waals surface area contributed by atoms with Crippen molar-refractivity contribution in [2.45, 2.75) is 0 Å². The second-order valence-electron chi connectivity index (χ2n) is 5.11. The molecule has 9 heteroatoms. The van der Waals surface area contributed by atoms with Crippen LogP contribution in [0.25, 0.3) is 6.08 Å². The number of hydrogen-bond donors (Lipinski definition) is 1. The van der Waals surface area contributed by atoms with Crippen LogP contribution in [0, 0.1) is 10.1 Å². The van der Waals surface area contributed by atoms with Gasteiger partial charge in [-0.25, -0.2) is 0 Å². The molecule has 1 aliphatic rings. The number of carbonyl (C=O) groups excluding carboxylic acids is 1. The Morgan fingerprint density at radius 2 is 1.88 bits per heavy atom. The summed E-state index contributed by atoms with van der Waals surface area (Å²) in [5.41, 5.74) is 0.294. The van der Waals surface area contributed by atoms with E-state index in [1.54, 1.807) is 43.5 Å². The minimum atomic E-state index is -0.534. The van der Waals surface area contributed by atoms with Crippen LogP contribution < -0.4 is 14.8 Å². The van der Waals surface area contributed by atoms with Crippen molar-refractivity contribution >= 4 is 46.0 Å². The largest absolute Gasteiger partial charge is 0.497 e. The molecule has 0 aromatic heterocycles. The van der Waals surface area contributed by atoms with Crippen molar-refractivity contribution in [2.24, 2.45) is 0 Å². The van der Waals surface area contributed by atoms with E-state index in [0.29, 0.717) is 26.3 Å². The molecule has 7 nitrogen and oxygen atoms in total. The number of thiocarbonyl (C=S) groups is 1. The van der Waals surface area contributed by atoms with Crippen LogP contribution in [0.4, 0.5) is 5.69 Å². The zero-order valence-corrected chi connectivity index (χ0v) is 15.1. The number of thioether (sulfide) groups is 1. The predicted octanol–water partition coefficient (Wildman–Crippen LogP) is 3.88. The Morgan fingerprint density at radius 3 is 2.46 bits per heavy atom. The minimum Gasteiger partial charge on any atom is -0.497 e. The maximum absolute atomic E-state index is 11.7. The van der Waals surface area contributed by atoms with Crippen LogP contribution in [-0.2, 0) is 4.79 Å². The van der Waals surface area contributed by atoms with E-state index < -0.39 is 4.92 Å². The number of hydrogen-bond acceptors (Lipinski definition) is 7. The van der Waals surface area contributed by atoms with E-state index in [1.807, 2.05) is 0 Å². The van der Waals surface area contributed by atoms with Gasteiger partial charge in [-0.05, 0) is 42.0 Å². The van der Waals surface area contributed by atoms with Gasteiger partial charge in [0.1, 0.15) is 15.8 Å². The van der Waals surface area contributed by atoms with E-state index in [1.165, 1.54) is 12.1 Å². The molecule has 1 saturated heterocycles. The van der Waals surface area contributed by atoms with Crippen molar-refractivity contribution in [3.63, 3.8) is 0 Å². The molecule has 0 atom stereocenters. The fourth-order valence-corrected chi connectivity index (χ4v) is 3.24. The van der Waals surface area contributed by atoms with Crippen molar-refractivity contribution < 1.29 is 19.2 Å². The van der Waals surface area contributed by atoms with Crippen LogP contribution in [0.15, 0.2) is 47.4 Å². The first-order chi connectivity index (χ1) is 12.5. The van der Waals surface area contributed by atoms with Gasteiger partial charge in [0.25, 0.3) is 5.91 Å². The van der Waals surface area contributed by atoms with Gasteiger partial charge < -0.3 is 14.8 Å². The van der Waals surface area contributed by atoms with E-state index in [9.17, 15) is 14.9 Å². The Bertz CT molecular complexity index is 925. The standard InChI is InChI=1S/C17H12N2O5S2/c1-23-11-3-5-12(6-4-11)24-14-7-2-10(8-13(14)19(21)22)9-15-16(20)18-17(25)26-15/h2-9H,1H3,(H,18,20,25). The average Bonchev–Trinajstić information content (AvgIpc) is 2.94. The number of rotatable bonds is 5. The van der Waals surface area contributed by atoms with Gasteiger partial charge in [0, 0.05) is 6.07 Å². The number of nitro groups is 1. The molecule has 26 heavy (non-hydrogen) atoms. The highest BCUT2D eigenvalue weighted by molar-refractivity contribution is 8.26. The monoisotopic (exact) mass is 388 g/mol. The Hall–Kier alpha value is -2.91. The van der Waals surface area contributed by atoms with Crippen molar-refractivity contribution in [2.75, 3.05) is 7.11 Å². The Labute approximate surface area is 158 Å². The molecule has 0 bridgehead atoms. The summed E-state index contributed by atoms with van der Waals surface area (Å²) in [6.45, 7) is 0. The summed E-state index contributed by atoms with van der Waals surface area (Å²) < 4.78 is 11.0. The predicted molar refractivity (Wildman–Crippen MR) is 102 cm³/mol. The highest BCUT2D eigenvalue weighted by Gasteiger charge is 2.23. The Balaban J connectivity index is 1.89. The normalized spacial score (nSPS) is 15.0. The summed E-state index contributed by atoms with van der Waals surface area (Å²) in [4.78, 5) is 23.0. The van der Waals surface area contributed by atoms with Crippen LogP contribution in [0.1, 0.15) is 5.56 Å². The summed E-state index contributed by atoms with van der Waals surface area (Å²) in [6.07, 6.45) is 1.55. The summed E-state index contributed by atoms with van der Waals surface area (Å²) in [7, 11) is 1.55. The van der Waals surface area contributed by atoms with Gasteiger partial charge >= 0.3 is 5.69 Å². The van der Waals surface area contributed by atoms with Crippen LogP contribution in [-0.4, -0.2) is 22.3 Å². The van der Waals surface area contributed by atoms with Gasteiger partial charge in [-0.15, -0.1) is 0 Å². The van der Waals surface area contributed by atoms with E-state index in [4.69, 9.17) is 21.7 Å². The Kier molecular flexibility index (Phi) is 5.19. The number of methoxy groups -OCH3 is 1. The van der Waals surface area contributed by atoms with Gasteiger partial charge in [0.2, 0.25) is 5.75 Å². The molecular weight excluding hydrogens is 376 g/mol. The molecule has 132 valence electrons. The fraction of sp³-hybridized carbons (Fsp3) is 0.0588. The third kappa shape index (κ3) is 4.01. The van der Waals surface area contributed by atoms with E-state index in [2.05, 4.69) is 5.32 Å².